The average Bonchev–Trinajstić information content (AvgIpc) is 2.83. The van der Waals surface area contributed by atoms with Gasteiger partial charge in [-0.3, -0.25) is 0 Å². The summed E-state index contributed by atoms with van der Waals surface area (Å²) in [5, 5.41) is 4.55. The first-order valence-corrected chi connectivity index (χ1v) is 17.5. The number of hydrogen-bond donors (Lipinski definition) is 1. The Balaban J connectivity index is 1.50. The van der Waals surface area contributed by atoms with Crippen LogP contribution in [0.25, 0.3) is 10.9 Å². The fourth-order valence-electron chi connectivity index (χ4n) is 4.29. The van der Waals surface area contributed by atoms with Crippen LogP contribution in [0.2, 0.25) is 23.2 Å². The lowest BCUT2D eigenvalue weighted by Gasteiger charge is -2.41. The van der Waals surface area contributed by atoms with Gasteiger partial charge in [-0.1, -0.05) is 38.4 Å². The lowest BCUT2D eigenvalue weighted by Crippen LogP contribution is -2.45. The monoisotopic (exact) mass is 561 g/mol. The van der Waals surface area contributed by atoms with Gasteiger partial charge in [0.05, 0.1) is 16.8 Å². The highest BCUT2D eigenvalue weighted by atomic mass is 35.5. The highest BCUT2D eigenvalue weighted by Gasteiger charge is 2.40. The van der Waals surface area contributed by atoms with Gasteiger partial charge in [-0.05, 0) is 79.9 Å². The Bertz CT molecular complexity index is 1250. The quantitative estimate of drug-likeness (QED) is 0.277. The number of aromatic nitrogens is 2. The predicted octanol–water partition coefficient (Wildman–Crippen LogP) is 8.74. The van der Waals surface area contributed by atoms with E-state index in [-0.39, 0.29) is 23.1 Å². The van der Waals surface area contributed by atoms with E-state index in [0.717, 1.165) is 42.4 Å². The fourth-order valence-corrected chi connectivity index (χ4v) is 6.42. The number of anilines is 2. The van der Waals surface area contributed by atoms with E-state index in [1.165, 1.54) is 6.07 Å². The average molecular weight is 562 g/mol. The molecule has 1 saturated carbocycles. The molecule has 0 bridgehead atoms. The summed E-state index contributed by atoms with van der Waals surface area (Å²) in [6, 6.07) is 8.73. The summed E-state index contributed by atoms with van der Waals surface area (Å²) in [7, 11) is -1.80. The first-order chi connectivity index (χ1) is 17.5. The van der Waals surface area contributed by atoms with Crippen molar-refractivity contribution < 1.29 is 13.6 Å². The van der Waals surface area contributed by atoms with Gasteiger partial charge < -0.3 is 14.5 Å². The van der Waals surface area contributed by atoms with Gasteiger partial charge in [0.1, 0.15) is 11.3 Å². The van der Waals surface area contributed by atoms with Gasteiger partial charge in [0.25, 0.3) is 0 Å². The number of halogens is 2. The van der Waals surface area contributed by atoms with Crippen molar-refractivity contribution >= 4 is 54.2 Å². The van der Waals surface area contributed by atoms with Gasteiger partial charge in [0, 0.05) is 23.4 Å². The lowest BCUT2D eigenvalue weighted by molar-refractivity contribution is 0.0733. The molecule has 5 nitrogen and oxygen atoms in total. The van der Waals surface area contributed by atoms with Gasteiger partial charge in [-0.15, -0.1) is 0 Å². The van der Waals surface area contributed by atoms with Crippen molar-refractivity contribution in [3.63, 3.8) is 0 Å². The van der Waals surface area contributed by atoms with Crippen LogP contribution in [0.4, 0.5) is 16.0 Å². The van der Waals surface area contributed by atoms with E-state index in [0.29, 0.717) is 27.9 Å². The molecule has 1 aromatic heterocycles. The SMILES string of the molecule is CSCc1ccc(F)c(Nc2ncc3ccc(Cl)c(O[C@H]4CC[C@@H](O[Si](C)(C)C(C)(C)C)CC4)c3n2)c1. The minimum absolute atomic E-state index is 0.0365. The first kappa shape index (κ1) is 28.1. The molecule has 0 unspecified atom stereocenters. The topological polar surface area (TPSA) is 56.3 Å². The molecule has 1 fully saturated rings. The Labute approximate surface area is 230 Å². The molecule has 1 aliphatic carbocycles. The summed E-state index contributed by atoms with van der Waals surface area (Å²) in [6.07, 6.45) is 7.77. The molecule has 2 aromatic carbocycles. The lowest BCUT2D eigenvalue weighted by atomic mass is 9.95. The minimum Gasteiger partial charge on any atom is -0.487 e. The molecule has 0 amide bonds. The number of fused-ring (bicyclic) bond motifs is 1. The summed E-state index contributed by atoms with van der Waals surface area (Å²) in [5.41, 5.74) is 1.98. The molecule has 0 saturated heterocycles. The number of ether oxygens (including phenoxy) is 1. The van der Waals surface area contributed by atoms with E-state index in [9.17, 15) is 4.39 Å². The molecule has 0 spiro atoms. The van der Waals surface area contributed by atoms with Crippen LogP contribution in [-0.2, 0) is 10.2 Å². The third-order valence-corrected chi connectivity index (χ3v) is 12.9. The molecule has 0 radical (unpaired) electrons. The Hall–Kier alpha value is -1.87. The highest BCUT2D eigenvalue weighted by Crippen LogP contribution is 2.40. The van der Waals surface area contributed by atoms with Crippen molar-refractivity contribution in [1.82, 2.24) is 9.97 Å². The summed E-state index contributed by atoms with van der Waals surface area (Å²) < 4.78 is 27.6. The second kappa shape index (κ2) is 11.5. The standard InChI is InChI=1S/C28H37ClFN3O2SSi/c1-28(2,3)37(5,6)35-21-11-9-20(10-12-21)34-26-22(29)13-8-19-16-31-27(33-25(19)26)32-24-15-18(17-36-4)7-14-23(24)30/h7-8,13-16,20-21H,9-12,17H2,1-6H3,(H,31,32,33)/t20-,21+. The zero-order chi connectivity index (χ0) is 26.8. The maximum atomic E-state index is 14.5. The van der Waals surface area contributed by atoms with Crippen molar-refractivity contribution in [3.05, 3.63) is 52.9 Å². The van der Waals surface area contributed by atoms with Gasteiger partial charge >= 0.3 is 0 Å². The van der Waals surface area contributed by atoms with Gasteiger partial charge in [-0.25, -0.2) is 14.4 Å². The van der Waals surface area contributed by atoms with Crippen molar-refractivity contribution in [3.8, 4) is 5.75 Å². The zero-order valence-electron chi connectivity index (χ0n) is 22.5. The van der Waals surface area contributed by atoms with Gasteiger partial charge in [0.15, 0.2) is 14.1 Å². The molecule has 1 aliphatic rings. The van der Waals surface area contributed by atoms with Crippen LogP contribution in [0, 0.1) is 5.82 Å². The Kier molecular flexibility index (Phi) is 8.73. The number of hydrogen-bond acceptors (Lipinski definition) is 6. The molecule has 4 rings (SSSR count). The molecular weight excluding hydrogens is 525 g/mol. The molecule has 37 heavy (non-hydrogen) atoms. The molecular formula is C28H37ClFN3O2SSi. The molecule has 0 atom stereocenters. The van der Waals surface area contributed by atoms with Crippen molar-refractivity contribution in [2.24, 2.45) is 0 Å². The van der Waals surface area contributed by atoms with Crippen LogP contribution in [0.1, 0.15) is 52.0 Å². The molecule has 0 aliphatic heterocycles. The van der Waals surface area contributed by atoms with Crippen LogP contribution in [0.15, 0.2) is 36.5 Å². The molecule has 1 N–H and O–H groups in total. The summed E-state index contributed by atoms with van der Waals surface area (Å²) in [6.45, 7) is 11.4. The molecule has 1 heterocycles. The van der Waals surface area contributed by atoms with E-state index >= 15 is 0 Å². The summed E-state index contributed by atoms with van der Waals surface area (Å²) >= 11 is 8.28. The van der Waals surface area contributed by atoms with Crippen molar-refractivity contribution in [2.75, 3.05) is 11.6 Å². The van der Waals surface area contributed by atoms with Crippen LogP contribution in [-0.4, -0.2) is 36.7 Å². The molecule has 200 valence electrons. The predicted molar refractivity (Wildman–Crippen MR) is 156 cm³/mol. The Morgan fingerprint density at radius 3 is 2.49 bits per heavy atom. The van der Waals surface area contributed by atoms with Crippen LogP contribution >= 0.6 is 23.4 Å². The van der Waals surface area contributed by atoms with Gasteiger partial charge in [-0.2, -0.15) is 11.8 Å². The number of benzene rings is 2. The number of rotatable bonds is 8. The maximum absolute atomic E-state index is 14.5. The second-order valence-corrected chi connectivity index (χ2v) is 17.3. The van der Waals surface area contributed by atoms with Crippen LogP contribution < -0.4 is 10.1 Å². The van der Waals surface area contributed by atoms with Crippen molar-refractivity contribution in [2.45, 2.75) is 82.5 Å². The third-order valence-electron chi connectivity index (χ3n) is 7.42. The van der Waals surface area contributed by atoms with Crippen molar-refractivity contribution in [1.29, 1.82) is 0 Å². The first-order valence-electron chi connectivity index (χ1n) is 12.8. The summed E-state index contributed by atoms with van der Waals surface area (Å²) in [4.78, 5) is 9.08. The van der Waals surface area contributed by atoms with Crippen LogP contribution in [0.5, 0.6) is 5.75 Å². The number of thioether (sulfide) groups is 1. The number of nitrogens with one attached hydrogen (secondary N) is 1. The van der Waals surface area contributed by atoms with Crippen LogP contribution in [0.3, 0.4) is 0 Å². The largest absolute Gasteiger partial charge is 0.487 e. The zero-order valence-corrected chi connectivity index (χ0v) is 25.1. The fraction of sp³-hybridized carbons (Fsp3) is 0.500. The van der Waals surface area contributed by atoms with E-state index in [1.807, 2.05) is 18.4 Å². The number of nitrogens with zero attached hydrogens (tertiary/aromatic N) is 2. The third kappa shape index (κ3) is 6.77. The van der Waals surface area contributed by atoms with E-state index in [2.05, 4.69) is 49.1 Å². The molecule has 9 heteroatoms. The minimum atomic E-state index is -1.80. The smallest absolute Gasteiger partial charge is 0.227 e. The van der Waals surface area contributed by atoms with E-state index in [4.69, 9.17) is 20.8 Å². The maximum Gasteiger partial charge on any atom is 0.227 e. The van der Waals surface area contributed by atoms with E-state index in [1.54, 1.807) is 30.1 Å². The summed E-state index contributed by atoms with van der Waals surface area (Å²) in [5.74, 6) is 1.29. The molecule has 3 aromatic rings. The van der Waals surface area contributed by atoms with E-state index < -0.39 is 8.32 Å². The van der Waals surface area contributed by atoms with Gasteiger partial charge in [0.2, 0.25) is 5.95 Å². The Morgan fingerprint density at radius 2 is 1.81 bits per heavy atom. The second-order valence-electron chi connectivity index (χ2n) is 11.3. The Morgan fingerprint density at radius 1 is 1.11 bits per heavy atom. The normalized spacial score (nSPS) is 18.7. The highest BCUT2D eigenvalue weighted by molar-refractivity contribution is 7.97.